The van der Waals surface area contributed by atoms with Gasteiger partial charge in [-0.15, -0.1) is 0 Å². The highest BCUT2D eigenvalue weighted by atomic mass is 32.2. The summed E-state index contributed by atoms with van der Waals surface area (Å²) < 4.78 is 30.5. The van der Waals surface area contributed by atoms with Crippen LogP contribution in [0.4, 0.5) is 0 Å². The number of nitrogens with zero attached hydrogens (tertiary/aromatic N) is 1. The fourth-order valence-corrected chi connectivity index (χ4v) is 2.95. The Hall–Kier alpha value is -1.60. The van der Waals surface area contributed by atoms with Crippen molar-refractivity contribution < 1.29 is 17.9 Å². The summed E-state index contributed by atoms with van der Waals surface area (Å²) in [6, 6.07) is 7.29. The molecule has 0 atom stereocenters. The average molecular weight is 342 g/mol. The highest BCUT2D eigenvalue weighted by molar-refractivity contribution is 7.88. The lowest BCUT2D eigenvalue weighted by Crippen LogP contribution is -2.38. The highest BCUT2D eigenvalue weighted by Crippen LogP contribution is 2.20. The molecule has 7 heteroatoms. The molecule has 1 aromatic rings. The number of hydrogen-bond donors (Lipinski definition) is 1. The Kier molecular flexibility index (Phi) is 7.51. The van der Waals surface area contributed by atoms with Crippen LogP contribution >= 0.6 is 0 Å². The largest absolute Gasteiger partial charge is 0.496 e. The molecule has 1 rings (SSSR count). The van der Waals surface area contributed by atoms with Crippen LogP contribution in [0.3, 0.4) is 0 Å². The maximum atomic E-state index is 12.0. The molecule has 0 aliphatic heterocycles. The molecule has 1 aromatic carbocycles. The Labute approximate surface area is 138 Å². The molecule has 0 saturated heterocycles. The quantitative estimate of drug-likeness (QED) is 0.740. The number of benzene rings is 1. The summed E-state index contributed by atoms with van der Waals surface area (Å²) in [5.74, 6) is 0.852. The predicted molar refractivity (Wildman–Crippen MR) is 90.7 cm³/mol. The summed E-state index contributed by atoms with van der Waals surface area (Å²) in [6.45, 7) is 4.64. The van der Waals surface area contributed by atoms with Crippen molar-refractivity contribution in [3.63, 3.8) is 0 Å². The van der Waals surface area contributed by atoms with Gasteiger partial charge in [-0.3, -0.25) is 4.79 Å². The third kappa shape index (κ3) is 7.00. The van der Waals surface area contributed by atoms with Crippen molar-refractivity contribution >= 4 is 15.9 Å². The van der Waals surface area contributed by atoms with E-state index in [9.17, 15) is 13.2 Å². The van der Waals surface area contributed by atoms with Crippen LogP contribution in [0.2, 0.25) is 0 Å². The number of nitrogens with one attached hydrogen (secondary N) is 1. The Morgan fingerprint density at radius 2 is 1.96 bits per heavy atom. The number of hydrogen-bond acceptors (Lipinski definition) is 4. The van der Waals surface area contributed by atoms with Crippen LogP contribution in [0.25, 0.3) is 0 Å². The SMILES string of the molecule is COc1ccccc1CN(CCNC(=O)CC(C)C)S(C)(=O)=O. The smallest absolute Gasteiger partial charge is 0.220 e. The molecule has 0 aromatic heterocycles. The number of rotatable bonds is 9. The average Bonchev–Trinajstić information content (AvgIpc) is 2.44. The molecular formula is C16H26N2O4S. The summed E-state index contributed by atoms with van der Waals surface area (Å²) in [7, 11) is -1.83. The molecule has 0 heterocycles. The van der Waals surface area contributed by atoms with Gasteiger partial charge >= 0.3 is 0 Å². The van der Waals surface area contributed by atoms with Crippen LogP contribution in [-0.4, -0.2) is 45.1 Å². The van der Waals surface area contributed by atoms with Crippen LogP contribution in [-0.2, 0) is 21.4 Å². The van der Waals surface area contributed by atoms with Crippen molar-refractivity contribution in [3.05, 3.63) is 29.8 Å². The first-order valence-electron chi connectivity index (χ1n) is 7.57. The minimum absolute atomic E-state index is 0.0641. The van der Waals surface area contributed by atoms with Gasteiger partial charge in [-0.1, -0.05) is 32.0 Å². The first-order chi connectivity index (χ1) is 10.7. The first kappa shape index (κ1) is 19.4. The third-order valence-corrected chi connectivity index (χ3v) is 4.53. The summed E-state index contributed by atoms with van der Waals surface area (Å²) in [5.41, 5.74) is 0.786. The molecule has 130 valence electrons. The minimum atomic E-state index is -3.38. The third-order valence-electron chi connectivity index (χ3n) is 3.29. The molecule has 0 fully saturated rings. The van der Waals surface area contributed by atoms with E-state index < -0.39 is 10.0 Å². The summed E-state index contributed by atoms with van der Waals surface area (Å²) in [5, 5.41) is 2.75. The van der Waals surface area contributed by atoms with Gasteiger partial charge in [0.15, 0.2) is 0 Å². The van der Waals surface area contributed by atoms with Gasteiger partial charge in [0.2, 0.25) is 15.9 Å². The normalized spacial score (nSPS) is 11.7. The Bertz CT molecular complexity index is 614. The molecule has 0 bridgehead atoms. The maximum absolute atomic E-state index is 12.0. The molecule has 0 aliphatic carbocycles. The van der Waals surface area contributed by atoms with Crippen LogP contribution in [0.5, 0.6) is 5.75 Å². The predicted octanol–water partition coefficient (Wildman–Crippen LogP) is 1.62. The summed E-state index contributed by atoms with van der Waals surface area (Å²) in [6.07, 6.45) is 1.60. The molecule has 1 amide bonds. The fourth-order valence-electron chi connectivity index (χ4n) is 2.15. The Morgan fingerprint density at radius 3 is 2.52 bits per heavy atom. The second-order valence-corrected chi connectivity index (χ2v) is 7.84. The van der Waals surface area contributed by atoms with Crippen LogP contribution < -0.4 is 10.1 Å². The van der Waals surface area contributed by atoms with E-state index in [4.69, 9.17) is 4.74 Å². The second-order valence-electron chi connectivity index (χ2n) is 5.86. The van der Waals surface area contributed by atoms with Gasteiger partial charge in [-0.25, -0.2) is 8.42 Å². The molecule has 0 aliphatic rings. The topological polar surface area (TPSA) is 75.7 Å². The van der Waals surface area contributed by atoms with Gasteiger partial charge in [0.1, 0.15) is 5.75 Å². The number of carbonyl (C=O) groups excluding carboxylic acids is 1. The number of amides is 1. The number of carbonyl (C=O) groups is 1. The van der Waals surface area contributed by atoms with E-state index >= 15 is 0 Å². The van der Waals surface area contributed by atoms with Gasteiger partial charge in [-0.2, -0.15) is 4.31 Å². The van der Waals surface area contributed by atoms with Crippen molar-refractivity contribution in [2.24, 2.45) is 5.92 Å². The zero-order valence-corrected chi connectivity index (χ0v) is 15.0. The van der Waals surface area contributed by atoms with E-state index in [1.807, 2.05) is 32.0 Å². The molecule has 6 nitrogen and oxygen atoms in total. The number of ether oxygens (including phenoxy) is 1. The van der Waals surface area contributed by atoms with Crippen LogP contribution in [0, 0.1) is 5.92 Å². The highest BCUT2D eigenvalue weighted by Gasteiger charge is 2.18. The van der Waals surface area contributed by atoms with E-state index in [1.54, 1.807) is 13.2 Å². The number of methoxy groups -OCH3 is 1. The van der Waals surface area contributed by atoms with Crippen molar-refractivity contribution in [2.75, 3.05) is 26.5 Å². The molecular weight excluding hydrogens is 316 g/mol. The lowest BCUT2D eigenvalue weighted by Gasteiger charge is -2.21. The van der Waals surface area contributed by atoms with Crippen molar-refractivity contribution in [2.45, 2.75) is 26.8 Å². The standard InChI is InChI=1S/C16H26N2O4S/c1-13(2)11-16(19)17-9-10-18(23(4,20)21)12-14-7-5-6-8-15(14)22-3/h5-8,13H,9-12H2,1-4H3,(H,17,19). The fraction of sp³-hybridized carbons (Fsp3) is 0.562. The molecule has 0 radical (unpaired) electrons. The second kappa shape index (κ2) is 8.88. The van der Waals surface area contributed by atoms with Gasteiger partial charge in [-0.05, 0) is 12.0 Å². The van der Waals surface area contributed by atoms with Gasteiger partial charge < -0.3 is 10.1 Å². The number of para-hydroxylation sites is 1. The van der Waals surface area contributed by atoms with E-state index in [-0.39, 0.29) is 31.5 Å². The van der Waals surface area contributed by atoms with Crippen molar-refractivity contribution in [1.82, 2.24) is 9.62 Å². The molecule has 23 heavy (non-hydrogen) atoms. The Balaban J connectivity index is 2.69. The van der Waals surface area contributed by atoms with Crippen molar-refractivity contribution in [3.8, 4) is 5.75 Å². The monoisotopic (exact) mass is 342 g/mol. The maximum Gasteiger partial charge on any atom is 0.220 e. The van der Waals surface area contributed by atoms with Crippen molar-refractivity contribution in [1.29, 1.82) is 0 Å². The van der Waals surface area contributed by atoms with Crippen LogP contribution in [0.15, 0.2) is 24.3 Å². The van der Waals surface area contributed by atoms with Gasteiger partial charge in [0, 0.05) is 31.6 Å². The molecule has 1 N–H and O–H groups in total. The van der Waals surface area contributed by atoms with E-state index in [1.165, 1.54) is 10.6 Å². The minimum Gasteiger partial charge on any atom is -0.496 e. The summed E-state index contributed by atoms with van der Waals surface area (Å²) >= 11 is 0. The zero-order valence-electron chi connectivity index (χ0n) is 14.2. The Morgan fingerprint density at radius 1 is 1.30 bits per heavy atom. The lowest BCUT2D eigenvalue weighted by atomic mass is 10.1. The zero-order chi connectivity index (χ0) is 17.5. The molecule has 0 saturated carbocycles. The van der Waals surface area contributed by atoms with Crippen LogP contribution in [0.1, 0.15) is 25.8 Å². The van der Waals surface area contributed by atoms with E-state index in [0.717, 1.165) is 5.56 Å². The molecule has 0 spiro atoms. The van der Waals surface area contributed by atoms with Gasteiger partial charge in [0.05, 0.1) is 13.4 Å². The lowest BCUT2D eigenvalue weighted by molar-refractivity contribution is -0.121. The van der Waals surface area contributed by atoms with E-state index in [2.05, 4.69) is 5.32 Å². The van der Waals surface area contributed by atoms with Gasteiger partial charge in [0.25, 0.3) is 0 Å². The first-order valence-corrected chi connectivity index (χ1v) is 9.42. The van der Waals surface area contributed by atoms with E-state index in [0.29, 0.717) is 12.2 Å². The summed E-state index contributed by atoms with van der Waals surface area (Å²) in [4.78, 5) is 11.6. The molecule has 0 unspecified atom stereocenters. The number of sulfonamides is 1.